The van der Waals surface area contributed by atoms with E-state index < -0.39 is 8.07 Å². The molecule has 0 fully saturated rings. The minimum Gasteiger partial charge on any atom is -0.397 e. The van der Waals surface area contributed by atoms with Crippen LogP contribution in [0.4, 0.5) is 0 Å². The zero-order valence-electron chi connectivity index (χ0n) is 12.3. The van der Waals surface area contributed by atoms with E-state index in [-0.39, 0.29) is 0 Å². The summed E-state index contributed by atoms with van der Waals surface area (Å²) < 4.78 is 0. The Bertz CT molecular complexity index is 620. The number of benzene rings is 1. The summed E-state index contributed by atoms with van der Waals surface area (Å²) in [6, 6.07) is 9.64. The quantitative estimate of drug-likeness (QED) is 0.824. The minimum absolute atomic E-state index is 0.309. The highest BCUT2D eigenvalue weighted by Crippen LogP contribution is 2.38. The van der Waals surface area contributed by atoms with E-state index in [1.54, 1.807) is 5.20 Å². The molecular formula is C18H22OSi. The Morgan fingerprint density at radius 2 is 2.00 bits per heavy atom. The van der Waals surface area contributed by atoms with Gasteiger partial charge >= 0.3 is 0 Å². The monoisotopic (exact) mass is 282 g/mol. The largest absolute Gasteiger partial charge is 0.397 e. The smallest absolute Gasteiger partial charge is 0.0832 e. The zero-order valence-corrected chi connectivity index (χ0v) is 13.3. The summed E-state index contributed by atoms with van der Waals surface area (Å²) in [5.74, 6) is 0. The molecule has 1 aromatic rings. The molecule has 2 aliphatic rings. The maximum atomic E-state index is 9.33. The summed E-state index contributed by atoms with van der Waals surface area (Å²) in [4.78, 5) is 0. The van der Waals surface area contributed by atoms with Crippen LogP contribution in [-0.2, 0) is 6.42 Å². The molecule has 0 saturated carbocycles. The van der Waals surface area contributed by atoms with E-state index in [1.165, 1.54) is 22.3 Å². The van der Waals surface area contributed by atoms with Gasteiger partial charge in [0.25, 0.3) is 0 Å². The van der Waals surface area contributed by atoms with Crippen LogP contribution >= 0.6 is 0 Å². The van der Waals surface area contributed by atoms with Crippen LogP contribution in [0.3, 0.4) is 0 Å². The third-order valence-corrected chi connectivity index (χ3v) is 7.95. The average Bonchev–Trinajstić information content (AvgIpc) is 3.05. The van der Waals surface area contributed by atoms with Crippen LogP contribution in [0.2, 0.25) is 19.1 Å². The van der Waals surface area contributed by atoms with Gasteiger partial charge in [0.1, 0.15) is 0 Å². The SMILES string of the molecule is C[Si](C)(CCO)C1=C(C2=Cc3ccccc3C2)CC=C1. The number of fused-ring (bicyclic) bond motifs is 1. The van der Waals surface area contributed by atoms with E-state index in [0.29, 0.717) is 6.61 Å². The predicted molar refractivity (Wildman–Crippen MR) is 88.3 cm³/mol. The van der Waals surface area contributed by atoms with Crippen LogP contribution < -0.4 is 0 Å². The molecule has 0 radical (unpaired) electrons. The van der Waals surface area contributed by atoms with E-state index in [2.05, 4.69) is 55.6 Å². The second-order valence-electron chi connectivity index (χ2n) is 6.40. The van der Waals surface area contributed by atoms with Crippen LogP contribution in [0.25, 0.3) is 6.08 Å². The summed E-state index contributed by atoms with van der Waals surface area (Å²) >= 11 is 0. The summed E-state index contributed by atoms with van der Waals surface area (Å²) in [5.41, 5.74) is 5.85. The van der Waals surface area contributed by atoms with Crippen molar-refractivity contribution >= 4 is 14.1 Å². The minimum atomic E-state index is -1.50. The Balaban J connectivity index is 1.95. The van der Waals surface area contributed by atoms with Gasteiger partial charge in [0, 0.05) is 6.61 Å². The van der Waals surface area contributed by atoms with Crippen molar-refractivity contribution in [2.45, 2.75) is 32.0 Å². The number of aliphatic hydroxyl groups is 1. The van der Waals surface area contributed by atoms with E-state index in [1.807, 2.05) is 0 Å². The molecule has 2 aliphatic carbocycles. The van der Waals surface area contributed by atoms with Gasteiger partial charge in [0.05, 0.1) is 8.07 Å². The van der Waals surface area contributed by atoms with Crippen molar-refractivity contribution in [2.75, 3.05) is 6.61 Å². The molecule has 0 atom stereocenters. The van der Waals surface area contributed by atoms with E-state index in [4.69, 9.17) is 0 Å². The summed E-state index contributed by atoms with van der Waals surface area (Å²) in [5, 5.41) is 10.9. The molecule has 0 heterocycles. The Morgan fingerprint density at radius 3 is 2.75 bits per heavy atom. The third kappa shape index (κ3) is 2.34. The maximum Gasteiger partial charge on any atom is 0.0832 e. The lowest BCUT2D eigenvalue weighted by Crippen LogP contribution is -2.30. The van der Waals surface area contributed by atoms with Gasteiger partial charge in [-0.2, -0.15) is 0 Å². The molecule has 1 aromatic carbocycles. The molecule has 1 N–H and O–H groups in total. The van der Waals surface area contributed by atoms with Gasteiger partial charge in [-0.25, -0.2) is 0 Å². The molecule has 0 spiro atoms. The molecule has 2 heteroatoms. The number of aliphatic hydroxyl groups excluding tert-OH is 1. The van der Waals surface area contributed by atoms with Crippen molar-refractivity contribution < 1.29 is 5.11 Å². The molecule has 0 aliphatic heterocycles. The summed E-state index contributed by atoms with van der Waals surface area (Å²) in [6.07, 6.45) is 9.11. The lowest BCUT2D eigenvalue weighted by molar-refractivity contribution is 0.316. The highest BCUT2D eigenvalue weighted by molar-refractivity contribution is 6.85. The van der Waals surface area contributed by atoms with Gasteiger partial charge < -0.3 is 5.11 Å². The van der Waals surface area contributed by atoms with Crippen LogP contribution in [-0.4, -0.2) is 19.8 Å². The van der Waals surface area contributed by atoms with Gasteiger partial charge in [0.2, 0.25) is 0 Å². The summed E-state index contributed by atoms with van der Waals surface area (Å²) in [7, 11) is -1.50. The fourth-order valence-electron chi connectivity index (χ4n) is 3.33. The lowest BCUT2D eigenvalue weighted by atomic mass is 10.0. The van der Waals surface area contributed by atoms with Crippen molar-refractivity contribution in [1.82, 2.24) is 0 Å². The molecule has 0 amide bonds. The zero-order chi connectivity index (χ0) is 14.2. The highest BCUT2D eigenvalue weighted by Gasteiger charge is 2.30. The molecule has 0 saturated heterocycles. The number of rotatable bonds is 4. The molecule has 104 valence electrons. The Labute approximate surface area is 122 Å². The first kappa shape index (κ1) is 13.6. The van der Waals surface area contributed by atoms with Crippen molar-refractivity contribution in [1.29, 1.82) is 0 Å². The van der Waals surface area contributed by atoms with Crippen LogP contribution in [0, 0.1) is 0 Å². The standard InChI is InChI=1S/C18H22OSi/c1-20(2,11-10-19)18-9-5-8-17(18)16-12-14-6-3-4-7-15(14)13-16/h3-7,9,12,19H,8,10-11,13H2,1-2H3. The number of hydrogen-bond acceptors (Lipinski definition) is 1. The highest BCUT2D eigenvalue weighted by atomic mass is 28.3. The molecular weight excluding hydrogens is 260 g/mol. The van der Waals surface area contributed by atoms with E-state index in [9.17, 15) is 5.11 Å². The maximum absolute atomic E-state index is 9.33. The molecule has 3 rings (SSSR count). The van der Waals surface area contributed by atoms with Crippen molar-refractivity contribution in [3.8, 4) is 0 Å². The van der Waals surface area contributed by atoms with Gasteiger partial charge in [0.15, 0.2) is 0 Å². The van der Waals surface area contributed by atoms with Crippen LogP contribution in [0.5, 0.6) is 0 Å². The second kappa shape index (κ2) is 5.19. The molecule has 0 aromatic heterocycles. The Kier molecular flexibility index (Phi) is 3.53. The Morgan fingerprint density at radius 1 is 1.20 bits per heavy atom. The number of hydrogen-bond donors (Lipinski definition) is 1. The van der Waals surface area contributed by atoms with E-state index in [0.717, 1.165) is 18.9 Å². The first-order chi connectivity index (χ1) is 9.62. The van der Waals surface area contributed by atoms with Crippen LogP contribution in [0.15, 0.2) is 52.8 Å². The number of allylic oxidation sites excluding steroid dienone is 5. The normalized spacial score (nSPS) is 17.6. The first-order valence-electron chi connectivity index (χ1n) is 7.42. The van der Waals surface area contributed by atoms with Gasteiger partial charge in [-0.3, -0.25) is 0 Å². The Hall–Kier alpha value is -1.38. The van der Waals surface area contributed by atoms with Crippen molar-refractivity contribution in [3.63, 3.8) is 0 Å². The van der Waals surface area contributed by atoms with E-state index >= 15 is 0 Å². The second-order valence-corrected chi connectivity index (χ2v) is 11.2. The average molecular weight is 282 g/mol. The molecule has 0 unspecified atom stereocenters. The lowest BCUT2D eigenvalue weighted by Gasteiger charge is -2.24. The first-order valence-corrected chi connectivity index (χ1v) is 10.6. The van der Waals surface area contributed by atoms with Gasteiger partial charge in [-0.15, -0.1) is 0 Å². The fourth-order valence-corrected chi connectivity index (χ4v) is 5.81. The molecule has 0 bridgehead atoms. The van der Waals surface area contributed by atoms with Crippen LogP contribution in [0.1, 0.15) is 17.5 Å². The summed E-state index contributed by atoms with van der Waals surface area (Å²) in [6.45, 7) is 5.05. The molecule has 1 nitrogen and oxygen atoms in total. The predicted octanol–water partition coefficient (Wildman–Crippen LogP) is 4.12. The topological polar surface area (TPSA) is 20.2 Å². The van der Waals surface area contributed by atoms with Gasteiger partial charge in [-0.1, -0.05) is 60.8 Å². The fraction of sp³-hybridized carbons (Fsp3) is 0.333. The van der Waals surface area contributed by atoms with Gasteiger partial charge in [-0.05, 0) is 41.2 Å². The third-order valence-electron chi connectivity index (χ3n) is 4.55. The van der Waals surface area contributed by atoms with Crippen molar-refractivity contribution in [2.24, 2.45) is 0 Å². The van der Waals surface area contributed by atoms with Crippen molar-refractivity contribution in [3.05, 3.63) is 63.9 Å². The molecule has 20 heavy (non-hydrogen) atoms.